The first-order valence-corrected chi connectivity index (χ1v) is 25.5. The molecule has 0 amide bonds. The molecule has 0 saturated heterocycles. The van der Waals surface area contributed by atoms with Crippen molar-refractivity contribution >= 4 is 33.9 Å². The van der Waals surface area contributed by atoms with Gasteiger partial charge in [0.2, 0.25) is 0 Å². The minimum Gasteiger partial charge on any atom is -0.409 e. The van der Waals surface area contributed by atoms with E-state index in [0.717, 1.165) is 84.4 Å². The van der Waals surface area contributed by atoms with Gasteiger partial charge in [-0.3, -0.25) is 0 Å². The Morgan fingerprint density at radius 1 is 0.516 bits per heavy atom. The second-order valence-corrected chi connectivity index (χ2v) is 19.3. The van der Waals surface area contributed by atoms with Crippen molar-refractivity contribution in [3.8, 4) is 39.9 Å². The van der Waals surface area contributed by atoms with Gasteiger partial charge >= 0.3 is 23.2 Å². The molecule has 1 aliphatic rings. The van der Waals surface area contributed by atoms with Crippen molar-refractivity contribution in [2.75, 3.05) is 0 Å². The van der Waals surface area contributed by atoms with Crippen molar-refractivity contribution in [2.45, 2.75) is 130 Å². The zero-order valence-corrected chi connectivity index (χ0v) is 40.6. The summed E-state index contributed by atoms with van der Waals surface area (Å²) in [6, 6.07) is 40.3. The number of fused-ring (bicyclic) bond motifs is 3. The first kappa shape index (κ1) is 46.9. The highest BCUT2D eigenvalue weighted by Crippen LogP contribution is 2.57. The third kappa shape index (κ3) is 11.0. The average molecular weight is 899 g/mol. The summed E-state index contributed by atoms with van der Waals surface area (Å²) in [5, 5.41) is 1.81. The molecule has 0 radical (unpaired) electrons. The molecule has 1 aliphatic heterocycles. The Kier molecular flexibility index (Phi) is 16.3. The van der Waals surface area contributed by atoms with Crippen molar-refractivity contribution in [3.63, 3.8) is 0 Å². The SMILES string of the molecule is CCCC(C)c1cc(-c2cc(C(C)CCC)cc(C(C)CCC)c2OP2OC(=O)c3ccc4ccccc4c3O2)c(OP(Oc2ccccc2)Oc2ccccc2)c(C(C)CCC)c1. The lowest BCUT2D eigenvalue weighted by Crippen LogP contribution is -2.16. The van der Waals surface area contributed by atoms with E-state index >= 15 is 0 Å². The summed E-state index contributed by atoms with van der Waals surface area (Å²) in [6.45, 7) is 18.1. The summed E-state index contributed by atoms with van der Waals surface area (Å²) < 4.78 is 40.5. The molecule has 5 unspecified atom stereocenters. The Balaban J connectivity index is 1.49. The predicted octanol–water partition coefficient (Wildman–Crippen LogP) is 17.7. The molecule has 0 aromatic heterocycles. The summed E-state index contributed by atoms with van der Waals surface area (Å²) >= 11 is 0. The van der Waals surface area contributed by atoms with Crippen LogP contribution >= 0.6 is 17.2 Å². The lowest BCUT2D eigenvalue weighted by atomic mass is 9.82. The second kappa shape index (κ2) is 22.2. The van der Waals surface area contributed by atoms with E-state index in [4.69, 9.17) is 27.1 Å². The van der Waals surface area contributed by atoms with E-state index in [1.165, 1.54) is 11.1 Å². The standard InChI is InChI=1S/C55H64O7P2/c1-9-21-37(5)42-33-48(39(7)23-11-3)53(60-63(57-44-26-15-13-16-27-44)58-45-28-17-14-18-29-45)50(35-42)51-36-43(38(6)22-10-2)34-49(40(8)24-12-4)54(51)61-64-59-52-46-30-20-19-25-41(46)31-32-47(52)55(56)62-64/h13-20,25-40H,9-12,21-24H2,1-8H3. The maximum atomic E-state index is 13.8. The van der Waals surface area contributed by atoms with E-state index in [1.807, 2.05) is 91.0 Å². The molecule has 0 bridgehead atoms. The van der Waals surface area contributed by atoms with Crippen LogP contribution in [0.1, 0.15) is 163 Å². The van der Waals surface area contributed by atoms with E-state index in [9.17, 15) is 4.79 Å². The fourth-order valence-corrected chi connectivity index (χ4v) is 10.8. The maximum absolute atomic E-state index is 13.8. The van der Waals surface area contributed by atoms with E-state index in [2.05, 4.69) is 79.7 Å². The lowest BCUT2D eigenvalue weighted by Gasteiger charge is -2.30. The number of rotatable bonds is 21. The quantitative estimate of drug-likeness (QED) is 0.0666. The Morgan fingerprint density at radius 3 is 1.55 bits per heavy atom. The van der Waals surface area contributed by atoms with Crippen LogP contribution in [-0.2, 0) is 4.52 Å². The molecule has 0 saturated carbocycles. The molecule has 5 atom stereocenters. The Labute approximate surface area is 383 Å². The predicted molar refractivity (Wildman–Crippen MR) is 264 cm³/mol. The third-order valence-electron chi connectivity index (χ3n) is 12.3. The summed E-state index contributed by atoms with van der Waals surface area (Å²) in [6.07, 6.45) is 8.03. The van der Waals surface area contributed by atoms with E-state index < -0.39 is 23.2 Å². The van der Waals surface area contributed by atoms with Crippen LogP contribution in [0.3, 0.4) is 0 Å². The molecule has 7 nitrogen and oxygen atoms in total. The van der Waals surface area contributed by atoms with Gasteiger partial charge in [-0.25, -0.2) is 4.79 Å². The van der Waals surface area contributed by atoms with Gasteiger partial charge in [-0.1, -0.05) is 160 Å². The first-order chi connectivity index (χ1) is 31.1. The largest absolute Gasteiger partial charge is 0.532 e. The summed E-state index contributed by atoms with van der Waals surface area (Å²) in [5.41, 5.74) is 6.72. The molecule has 336 valence electrons. The lowest BCUT2D eigenvalue weighted by molar-refractivity contribution is 0.0698. The fourth-order valence-electron chi connectivity index (χ4n) is 8.72. The van der Waals surface area contributed by atoms with Gasteiger partial charge in [0.05, 0.1) is 0 Å². The Morgan fingerprint density at radius 2 is 1.00 bits per heavy atom. The average Bonchev–Trinajstić information content (AvgIpc) is 3.30. The molecule has 6 aromatic rings. The van der Waals surface area contributed by atoms with Crippen LogP contribution < -0.4 is 22.6 Å². The number of hydrogen-bond donors (Lipinski definition) is 0. The van der Waals surface area contributed by atoms with Crippen LogP contribution in [0.4, 0.5) is 0 Å². The molecule has 0 N–H and O–H groups in total. The van der Waals surface area contributed by atoms with Crippen molar-refractivity contribution in [1.29, 1.82) is 0 Å². The molecule has 0 aliphatic carbocycles. The molecule has 0 spiro atoms. The highest BCUT2D eigenvalue weighted by Gasteiger charge is 2.37. The molecule has 0 fully saturated rings. The van der Waals surface area contributed by atoms with Crippen LogP contribution in [0, 0.1) is 0 Å². The van der Waals surface area contributed by atoms with Crippen molar-refractivity contribution < 1.29 is 31.9 Å². The minimum absolute atomic E-state index is 0.112. The number of hydrogen-bond acceptors (Lipinski definition) is 7. The van der Waals surface area contributed by atoms with Gasteiger partial charge in [0.15, 0.2) is 5.75 Å². The normalized spacial score (nSPS) is 15.4. The highest BCUT2D eigenvalue weighted by molar-refractivity contribution is 7.43. The van der Waals surface area contributed by atoms with Crippen LogP contribution in [0.15, 0.2) is 121 Å². The van der Waals surface area contributed by atoms with Crippen LogP contribution in [0.2, 0.25) is 0 Å². The van der Waals surface area contributed by atoms with E-state index in [-0.39, 0.29) is 23.7 Å². The Bertz CT molecular complexity index is 2430. The van der Waals surface area contributed by atoms with Gasteiger partial charge < -0.3 is 27.1 Å². The molecule has 7 rings (SSSR count). The molecule has 6 aromatic carbocycles. The van der Waals surface area contributed by atoms with Crippen LogP contribution in [-0.4, -0.2) is 5.97 Å². The molecular formula is C55H64O7P2. The summed E-state index contributed by atoms with van der Waals surface area (Å²) in [7, 11) is -4.25. The molecular weight excluding hydrogens is 835 g/mol. The monoisotopic (exact) mass is 898 g/mol. The number of benzene rings is 6. The first-order valence-electron chi connectivity index (χ1n) is 23.3. The second-order valence-electron chi connectivity index (χ2n) is 17.3. The zero-order valence-electron chi connectivity index (χ0n) is 38.8. The van der Waals surface area contributed by atoms with Gasteiger partial charge in [-0.15, -0.1) is 0 Å². The topological polar surface area (TPSA) is 72.5 Å². The van der Waals surface area contributed by atoms with Gasteiger partial charge in [-0.2, -0.15) is 0 Å². The van der Waals surface area contributed by atoms with Crippen LogP contribution in [0.5, 0.6) is 28.7 Å². The van der Waals surface area contributed by atoms with Gasteiger partial charge in [0, 0.05) is 16.5 Å². The fraction of sp³-hybridized carbons (Fsp3) is 0.364. The molecule has 1 heterocycles. The summed E-state index contributed by atoms with van der Waals surface area (Å²) in [5.74, 6) is 3.42. The summed E-state index contributed by atoms with van der Waals surface area (Å²) in [4.78, 5) is 13.8. The van der Waals surface area contributed by atoms with E-state index in [0.29, 0.717) is 34.3 Å². The van der Waals surface area contributed by atoms with Gasteiger partial charge in [0.1, 0.15) is 28.6 Å². The number of carbonyl (C=O) groups is 1. The highest BCUT2D eigenvalue weighted by atomic mass is 31.2. The third-order valence-corrected chi connectivity index (χ3v) is 14.3. The minimum atomic E-state index is -2.22. The Hall–Kier alpha value is -5.09. The van der Waals surface area contributed by atoms with Crippen molar-refractivity contribution in [2.24, 2.45) is 0 Å². The zero-order chi connectivity index (χ0) is 45.2. The smallest absolute Gasteiger partial charge is 0.409 e. The van der Waals surface area contributed by atoms with Gasteiger partial charge in [-0.05, 0) is 119 Å². The number of carbonyl (C=O) groups excluding carboxylic acids is 1. The number of para-hydroxylation sites is 2. The molecule has 9 heteroatoms. The van der Waals surface area contributed by atoms with Crippen molar-refractivity contribution in [3.05, 3.63) is 149 Å². The maximum Gasteiger partial charge on any atom is 0.532 e. The van der Waals surface area contributed by atoms with Gasteiger partial charge in [0.25, 0.3) is 0 Å². The van der Waals surface area contributed by atoms with Crippen molar-refractivity contribution in [1.82, 2.24) is 0 Å². The van der Waals surface area contributed by atoms with Crippen LogP contribution in [0.25, 0.3) is 21.9 Å². The van der Waals surface area contributed by atoms with E-state index in [1.54, 1.807) is 6.07 Å². The molecule has 64 heavy (non-hydrogen) atoms.